The molecule has 208 valence electrons. The van der Waals surface area contributed by atoms with Gasteiger partial charge < -0.3 is 14.6 Å². The molecule has 0 saturated heterocycles. The molecule has 0 unspecified atom stereocenters. The van der Waals surface area contributed by atoms with Crippen LogP contribution in [0.1, 0.15) is 92.9 Å². The molecule has 3 saturated carbocycles. The number of methoxy groups -OCH3 is 1. The van der Waals surface area contributed by atoms with Gasteiger partial charge in [0.2, 0.25) is 5.78 Å². The molecule has 5 aliphatic rings. The van der Waals surface area contributed by atoms with Crippen molar-refractivity contribution in [2.24, 2.45) is 33.0 Å². The van der Waals surface area contributed by atoms with Gasteiger partial charge in [-0.25, -0.2) is 0 Å². The Kier molecular flexibility index (Phi) is 6.45. The minimum absolute atomic E-state index is 0.0287. The largest absolute Gasteiger partial charge is 0.504 e. The van der Waals surface area contributed by atoms with Crippen LogP contribution in [0.2, 0.25) is 0 Å². The van der Waals surface area contributed by atoms with Crippen LogP contribution in [0, 0.1) is 33.0 Å². The maximum Gasteiger partial charge on any atom is 0.311 e. The summed E-state index contributed by atoms with van der Waals surface area (Å²) in [6.07, 6.45) is 13.9. The van der Waals surface area contributed by atoms with Crippen molar-refractivity contribution in [2.75, 3.05) is 20.3 Å². The Morgan fingerprint density at radius 2 is 1.71 bits per heavy atom. The molecule has 3 fully saturated rings. The molecule has 0 bridgehead atoms. The predicted molar refractivity (Wildman–Crippen MR) is 148 cm³/mol. The molecule has 0 radical (unpaired) electrons. The molecule has 0 spiro atoms. The Hall–Kier alpha value is -2.14. The molecular formula is C33H46O5. The lowest BCUT2D eigenvalue weighted by Gasteiger charge is -2.70. The number of aliphatic hydroxyl groups excluding tert-OH is 1. The van der Waals surface area contributed by atoms with Crippen LogP contribution in [0.25, 0.3) is 0 Å². The molecule has 6 atom stereocenters. The van der Waals surface area contributed by atoms with Gasteiger partial charge in [-0.15, -0.1) is 0 Å². The first-order valence-corrected chi connectivity index (χ1v) is 14.5. The first-order valence-electron chi connectivity index (χ1n) is 14.5. The summed E-state index contributed by atoms with van der Waals surface area (Å²) in [6, 6.07) is 0. The number of fused-ring (bicyclic) bond motifs is 7. The fraction of sp³-hybridized carbons (Fsp3) is 0.697. The van der Waals surface area contributed by atoms with Gasteiger partial charge in [0.25, 0.3) is 0 Å². The molecule has 5 aliphatic carbocycles. The highest BCUT2D eigenvalue weighted by molar-refractivity contribution is 6.06. The number of carbonyl (C=O) groups is 2. The van der Waals surface area contributed by atoms with Crippen LogP contribution < -0.4 is 0 Å². The topological polar surface area (TPSA) is 72.8 Å². The van der Waals surface area contributed by atoms with E-state index in [2.05, 4.69) is 46.8 Å². The second-order valence-electron chi connectivity index (χ2n) is 14.1. The number of rotatable bonds is 5. The molecule has 5 heteroatoms. The van der Waals surface area contributed by atoms with Gasteiger partial charge in [-0.2, -0.15) is 0 Å². The summed E-state index contributed by atoms with van der Waals surface area (Å²) in [5.74, 6) is -0.0534. The minimum Gasteiger partial charge on any atom is -0.504 e. The number of allylic oxidation sites excluding steroid dienone is 7. The van der Waals surface area contributed by atoms with Gasteiger partial charge in [0.15, 0.2) is 5.76 Å². The smallest absolute Gasteiger partial charge is 0.311 e. The van der Waals surface area contributed by atoms with E-state index in [0.29, 0.717) is 24.7 Å². The quantitative estimate of drug-likeness (QED) is 0.305. The van der Waals surface area contributed by atoms with Crippen molar-refractivity contribution in [3.05, 3.63) is 46.3 Å². The van der Waals surface area contributed by atoms with Crippen LogP contribution in [0.15, 0.2) is 46.3 Å². The van der Waals surface area contributed by atoms with Gasteiger partial charge >= 0.3 is 5.97 Å². The van der Waals surface area contributed by atoms with E-state index in [1.807, 2.05) is 6.92 Å². The van der Waals surface area contributed by atoms with Crippen LogP contribution in [0.3, 0.4) is 0 Å². The van der Waals surface area contributed by atoms with E-state index in [0.717, 1.165) is 62.5 Å². The first kappa shape index (κ1) is 27.4. The molecule has 1 N–H and O–H groups in total. The monoisotopic (exact) mass is 522 g/mol. The molecule has 5 nitrogen and oxygen atoms in total. The molecule has 5 rings (SSSR count). The highest BCUT2D eigenvalue weighted by atomic mass is 16.5. The third kappa shape index (κ3) is 3.67. The first-order chi connectivity index (χ1) is 17.8. The Balaban J connectivity index is 1.51. The van der Waals surface area contributed by atoms with Crippen LogP contribution >= 0.6 is 0 Å². The lowest BCUT2D eigenvalue weighted by Crippen LogP contribution is -2.62. The van der Waals surface area contributed by atoms with E-state index < -0.39 is 5.41 Å². The SMILES string of the molecule is COCCCOC(=O)[C@]1(C)CC[C@]2(C)CC[C@]3(C)C4=CC=C5C(=CC(=O)C(O)=C5C)[C@]4(C)CC[C@@]3(C)[C@@H]2C1. The Labute approximate surface area is 228 Å². The van der Waals surface area contributed by atoms with Crippen LogP contribution in [0.4, 0.5) is 0 Å². The Bertz CT molecular complexity index is 1190. The van der Waals surface area contributed by atoms with Crippen molar-refractivity contribution in [3.63, 3.8) is 0 Å². The molecule has 0 aromatic heterocycles. The second kappa shape index (κ2) is 8.94. The summed E-state index contributed by atoms with van der Waals surface area (Å²) < 4.78 is 10.9. The maximum atomic E-state index is 13.4. The van der Waals surface area contributed by atoms with Gasteiger partial charge in [-0.1, -0.05) is 45.4 Å². The zero-order valence-electron chi connectivity index (χ0n) is 24.5. The van der Waals surface area contributed by atoms with Crippen molar-refractivity contribution >= 4 is 11.8 Å². The van der Waals surface area contributed by atoms with Crippen molar-refractivity contribution in [2.45, 2.75) is 92.9 Å². The van der Waals surface area contributed by atoms with Gasteiger partial charge in [-0.05, 0) is 98.2 Å². The third-order valence-electron chi connectivity index (χ3n) is 12.1. The number of ketones is 1. The van der Waals surface area contributed by atoms with E-state index in [-0.39, 0.29) is 39.2 Å². The van der Waals surface area contributed by atoms with Crippen molar-refractivity contribution in [3.8, 4) is 0 Å². The lowest BCUT2D eigenvalue weighted by molar-refractivity contribution is -0.182. The zero-order chi connectivity index (χ0) is 27.7. The minimum atomic E-state index is -0.467. The molecule has 0 aromatic rings. The standard InChI is InChI=1S/C33H46O5/c1-21-22-9-10-25-31(4,23(22)19-24(34)27(21)35)14-16-33(6)26-20-30(3,28(36)38-18-8-17-37-7)12-11-29(26,2)13-15-32(25,33)5/h9-10,19,26,35H,8,11-18,20H2,1-7H3/t26-,29-,30-,31+,32-,33+/m1/s1. The second-order valence-corrected chi connectivity index (χ2v) is 14.1. The van der Waals surface area contributed by atoms with Crippen molar-refractivity contribution < 1.29 is 24.2 Å². The van der Waals surface area contributed by atoms with E-state index in [9.17, 15) is 14.7 Å². The number of aliphatic hydroxyl groups is 1. The number of esters is 1. The summed E-state index contributed by atoms with van der Waals surface area (Å²) in [7, 11) is 1.67. The summed E-state index contributed by atoms with van der Waals surface area (Å²) in [5.41, 5.74) is 3.67. The number of hydrogen-bond donors (Lipinski definition) is 1. The highest BCUT2D eigenvalue weighted by Gasteiger charge is 2.67. The van der Waals surface area contributed by atoms with Gasteiger partial charge in [0.05, 0.1) is 12.0 Å². The average molecular weight is 523 g/mol. The van der Waals surface area contributed by atoms with E-state index >= 15 is 0 Å². The van der Waals surface area contributed by atoms with Crippen LogP contribution in [-0.2, 0) is 19.1 Å². The van der Waals surface area contributed by atoms with E-state index in [1.165, 1.54) is 5.57 Å². The number of ether oxygens (including phenoxy) is 2. The van der Waals surface area contributed by atoms with Crippen molar-refractivity contribution in [1.29, 1.82) is 0 Å². The van der Waals surface area contributed by atoms with E-state index in [1.54, 1.807) is 13.2 Å². The average Bonchev–Trinajstić information content (AvgIpc) is 2.88. The summed E-state index contributed by atoms with van der Waals surface area (Å²) in [5, 5.41) is 10.4. The Morgan fingerprint density at radius 1 is 1.00 bits per heavy atom. The number of hydrogen-bond acceptors (Lipinski definition) is 5. The zero-order valence-corrected chi connectivity index (χ0v) is 24.5. The summed E-state index contributed by atoms with van der Waals surface area (Å²) in [4.78, 5) is 26.1. The summed E-state index contributed by atoms with van der Waals surface area (Å²) >= 11 is 0. The molecule has 0 heterocycles. The van der Waals surface area contributed by atoms with Gasteiger partial charge in [0.1, 0.15) is 0 Å². The molecule has 38 heavy (non-hydrogen) atoms. The van der Waals surface area contributed by atoms with Gasteiger partial charge in [0, 0.05) is 31.1 Å². The number of carbonyl (C=O) groups excluding carboxylic acids is 2. The third-order valence-corrected chi connectivity index (χ3v) is 12.1. The maximum absolute atomic E-state index is 13.4. The molecule has 0 aliphatic heterocycles. The molecular weight excluding hydrogens is 476 g/mol. The normalized spacial score (nSPS) is 42.1. The highest BCUT2D eigenvalue weighted by Crippen LogP contribution is 2.75. The Morgan fingerprint density at radius 3 is 2.42 bits per heavy atom. The van der Waals surface area contributed by atoms with Crippen molar-refractivity contribution in [1.82, 2.24) is 0 Å². The predicted octanol–water partition coefficient (Wildman–Crippen LogP) is 7.19. The fourth-order valence-corrected chi connectivity index (χ4v) is 9.18. The van der Waals surface area contributed by atoms with Crippen LogP contribution in [-0.4, -0.2) is 37.2 Å². The molecule has 0 aromatic carbocycles. The lowest BCUT2D eigenvalue weighted by atomic mass is 9.34. The fourth-order valence-electron chi connectivity index (χ4n) is 9.18. The van der Waals surface area contributed by atoms with Crippen LogP contribution in [0.5, 0.6) is 0 Å². The van der Waals surface area contributed by atoms with E-state index in [4.69, 9.17) is 9.47 Å². The van der Waals surface area contributed by atoms with Gasteiger partial charge in [-0.3, -0.25) is 9.59 Å². The molecule has 0 amide bonds. The summed E-state index contributed by atoms with van der Waals surface area (Å²) in [6.45, 7) is 14.7.